The van der Waals surface area contributed by atoms with E-state index in [9.17, 15) is 4.79 Å². The summed E-state index contributed by atoms with van der Waals surface area (Å²) in [5.41, 5.74) is 6.56. The standard InChI is InChI=1S/C14H20N2O3/c15-10(14(17)18)7-13-16-11-5-8-3-1-2-4-9(8)6-12(11)19-13/h8-10H,1-7,15H2,(H,17,18)/t8?,9?,10-/m1/s1. The number of oxazole rings is 1. The number of carboxylic acids is 1. The maximum atomic E-state index is 10.8. The average molecular weight is 264 g/mol. The maximum Gasteiger partial charge on any atom is 0.321 e. The molecular weight excluding hydrogens is 244 g/mol. The highest BCUT2D eigenvalue weighted by molar-refractivity contribution is 5.73. The van der Waals surface area contributed by atoms with E-state index < -0.39 is 12.0 Å². The third kappa shape index (κ3) is 2.52. The first-order valence-electron chi connectivity index (χ1n) is 7.09. The number of aromatic nitrogens is 1. The van der Waals surface area contributed by atoms with Crippen LogP contribution in [-0.4, -0.2) is 22.1 Å². The first kappa shape index (κ1) is 12.7. The van der Waals surface area contributed by atoms with Gasteiger partial charge in [0.25, 0.3) is 0 Å². The van der Waals surface area contributed by atoms with Crippen molar-refractivity contribution in [3.63, 3.8) is 0 Å². The van der Waals surface area contributed by atoms with Gasteiger partial charge in [-0.2, -0.15) is 0 Å². The summed E-state index contributed by atoms with van der Waals surface area (Å²) in [6.07, 6.45) is 7.36. The Labute approximate surface area is 112 Å². The fourth-order valence-corrected chi connectivity index (χ4v) is 3.43. The van der Waals surface area contributed by atoms with E-state index in [1.807, 2.05) is 0 Å². The Morgan fingerprint density at radius 1 is 1.37 bits per heavy atom. The lowest BCUT2D eigenvalue weighted by Crippen LogP contribution is -2.32. The highest BCUT2D eigenvalue weighted by atomic mass is 16.4. The first-order chi connectivity index (χ1) is 9.13. The topological polar surface area (TPSA) is 89.4 Å². The zero-order chi connectivity index (χ0) is 13.4. The Hall–Kier alpha value is -1.36. The van der Waals surface area contributed by atoms with Crippen LogP contribution in [0.1, 0.15) is 43.0 Å². The van der Waals surface area contributed by atoms with E-state index in [-0.39, 0.29) is 6.42 Å². The summed E-state index contributed by atoms with van der Waals surface area (Å²) in [5, 5.41) is 8.82. The minimum Gasteiger partial charge on any atom is -0.480 e. The zero-order valence-electron chi connectivity index (χ0n) is 11.0. The molecule has 1 heterocycles. The number of carbonyl (C=O) groups is 1. The van der Waals surface area contributed by atoms with Gasteiger partial charge in [-0.15, -0.1) is 0 Å². The third-order valence-corrected chi connectivity index (χ3v) is 4.50. The number of fused-ring (bicyclic) bond motifs is 2. The van der Waals surface area contributed by atoms with Crippen molar-refractivity contribution < 1.29 is 14.3 Å². The van der Waals surface area contributed by atoms with Gasteiger partial charge in [0.1, 0.15) is 11.8 Å². The van der Waals surface area contributed by atoms with Crippen LogP contribution >= 0.6 is 0 Å². The molecule has 5 heteroatoms. The van der Waals surface area contributed by atoms with Gasteiger partial charge in [0.15, 0.2) is 5.89 Å². The van der Waals surface area contributed by atoms with Crippen LogP contribution in [0, 0.1) is 11.8 Å². The third-order valence-electron chi connectivity index (χ3n) is 4.50. The van der Waals surface area contributed by atoms with Crippen LogP contribution in [-0.2, 0) is 24.1 Å². The summed E-state index contributed by atoms with van der Waals surface area (Å²) >= 11 is 0. The maximum absolute atomic E-state index is 10.8. The van der Waals surface area contributed by atoms with Gasteiger partial charge in [0, 0.05) is 6.42 Å². The van der Waals surface area contributed by atoms with Crippen LogP contribution in [0.3, 0.4) is 0 Å². The average Bonchev–Trinajstić information content (AvgIpc) is 2.76. The Kier molecular flexibility index (Phi) is 3.31. The molecule has 0 amide bonds. The van der Waals surface area contributed by atoms with E-state index in [2.05, 4.69) is 4.98 Å². The van der Waals surface area contributed by atoms with Crippen molar-refractivity contribution in [2.45, 2.75) is 51.0 Å². The number of nitrogens with zero attached hydrogens (tertiary/aromatic N) is 1. The second-order valence-corrected chi connectivity index (χ2v) is 5.84. The van der Waals surface area contributed by atoms with Gasteiger partial charge in [0.05, 0.1) is 12.1 Å². The summed E-state index contributed by atoms with van der Waals surface area (Å²) in [4.78, 5) is 15.2. The molecule has 0 spiro atoms. The fraction of sp³-hybridized carbons (Fsp3) is 0.714. The molecule has 0 radical (unpaired) electrons. The quantitative estimate of drug-likeness (QED) is 0.864. The molecule has 1 aromatic rings. The summed E-state index contributed by atoms with van der Waals surface area (Å²) in [6.45, 7) is 0. The van der Waals surface area contributed by atoms with E-state index in [1.165, 1.54) is 25.7 Å². The van der Waals surface area contributed by atoms with Gasteiger partial charge in [0.2, 0.25) is 0 Å². The zero-order valence-corrected chi connectivity index (χ0v) is 11.0. The monoisotopic (exact) mass is 264 g/mol. The number of hydrogen-bond donors (Lipinski definition) is 2. The molecule has 2 unspecified atom stereocenters. The van der Waals surface area contributed by atoms with Crippen molar-refractivity contribution in [1.82, 2.24) is 4.98 Å². The molecule has 0 aromatic carbocycles. The number of carboxylic acid groups (broad SMARTS) is 1. The Balaban J connectivity index is 1.75. The van der Waals surface area contributed by atoms with Crippen molar-refractivity contribution >= 4 is 5.97 Å². The Bertz CT molecular complexity index is 452. The number of nitrogens with two attached hydrogens (primary N) is 1. The van der Waals surface area contributed by atoms with Crippen LogP contribution in [0.5, 0.6) is 0 Å². The lowest BCUT2D eigenvalue weighted by atomic mass is 9.71. The molecule has 2 aliphatic carbocycles. The molecule has 1 fully saturated rings. The summed E-state index contributed by atoms with van der Waals surface area (Å²) < 4.78 is 5.72. The molecule has 0 aliphatic heterocycles. The molecule has 3 N–H and O–H groups in total. The largest absolute Gasteiger partial charge is 0.480 e. The SMILES string of the molecule is N[C@H](Cc1nc2c(o1)CC1CCCCC1C2)C(=O)O. The van der Waals surface area contributed by atoms with Crippen molar-refractivity contribution in [3.8, 4) is 0 Å². The molecule has 1 saturated carbocycles. The van der Waals surface area contributed by atoms with E-state index in [0.29, 0.717) is 5.89 Å². The normalized spacial score (nSPS) is 27.4. The number of aliphatic carboxylic acids is 1. The molecule has 0 bridgehead atoms. The van der Waals surface area contributed by atoms with E-state index in [4.69, 9.17) is 15.3 Å². The Morgan fingerprint density at radius 2 is 2.05 bits per heavy atom. The van der Waals surface area contributed by atoms with Gasteiger partial charge in [-0.05, 0) is 31.1 Å². The van der Waals surface area contributed by atoms with Crippen LogP contribution < -0.4 is 5.73 Å². The van der Waals surface area contributed by atoms with Crippen molar-refractivity contribution in [1.29, 1.82) is 0 Å². The molecule has 3 rings (SSSR count). The van der Waals surface area contributed by atoms with Gasteiger partial charge in [-0.25, -0.2) is 4.98 Å². The predicted octanol–water partition coefficient (Wildman–Crippen LogP) is 1.53. The lowest BCUT2D eigenvalue weighted by Gasteiger charge is -2.33. The van der Waals surface area contributed by atoms with Gasteiger partial charge >= 0.3 is 5.97 Å². The second kappa shape index (κ2) is 4.96. The van der Waals surface area contributed by atoms with Gasteiger partial charge in [-0.1, -0.05) is 12.8 Å². The van der Waals surface area contributed by atoms with Crippen LogP contribution in [0.15, 0.2) is 4.42 Å². The molecule has 2 aliphatic rings. The molecule has 19 heavy (non-hydrogen) atoms. The number of hydrogen-bond acceptors (Lipinski definition) is 4. The summed E-state index contributed by atoms with van der Waals surface area (Å²) in [5.74, 6) is 1.92. The Morgan fingerprint density at radius 3 is 2.74 bits per heavy atom. The summed E-state index contributed by atoms with van der Waals surface area (Å²) in [6, 6.07) is -0.928. The van der Waals surface area contributed by atoms with Crippen molar-refractivity contribution in [3.05, 3.63) is 17.3 Å². The fourth-order valence-electron chi connectivity index (χ4n) is 3.43. The van der Waals surface area contributed by atoms with Crippen LogP contribution in [0.2, 0.25) is 0 Å². The minimum atomic E-state index is -1.01. The van der Waals surface area contributed by atoms with Gasteiger partial charge in [-0.3, -0.25) is 4.79 Å². The molecular formula is C14H20N2O3. The lowest BCUT2D eigenvalue weighted by molar-refractivity contribution is -0.138. The molecule has 3 atom stereocenters. The van der Waals surface area contributed by atoms with Crippen molar-refractivity contribution in [2.75, 3.05) is 0 Å². The first-order valence-corrected chi connectivity index (χ1v) is 7.09. The van der Waals surface area contributed by atoms with Crippen molar-refractivity contribution in [2.24, 2.45) is 17.6 Å². The van der Waals surface area contributed by atoms with Crippen LogP contribution in [0.25, 0.3) is 0 Å². The van der Waals surface area contributed by atoms with E-state index in [0.717, 1.165) is 36.1 Å². The molecule has 0 saturated heterocycles. The smallest absolute Gasteiger partial charge is 0.321 e. The van der Waals surface area contributed by atoms with Gasteiger partial charge < -0.3 is 15.3 Å². The molecule has 1 aromatic heterocycles. The highest BCUT2D eigenvalue weighted by Gasteiger charge is 2.34. The second-order valence-electron chi connectivity index (χ2n) is 5.84. The summed E-state index contributed by atoms with van der Waals surface area (Å²) in [7, 11) is 0. The van der Waals surface area contributed by atoms with Crippen LogP contribution in [0.4, 0.5) is 0 Å². The number of rotatable bonds is 3. The van der Waals surface area contributed by atoms with E-state index >= 15 is 0 Å². The molecule has 104 valence electrons. The highest BCUT2D eigenvalue weighted by Crippen LogP contribution is 2.39. The predicted molar refractivity (Wildman–Crippen MR) is 68.7 cm³/mol. The van der Waals surface area contributed by atoms with E-state index in [1.54, 1.807) is 0 Å². The minimum absolute atomic E-state index is 0.178. The molecule has 5 nitrogen and oxygen atoms in total.